The fourth-order valence-corrected chi connectivity index (χ4v) is 5.11. The van der Waals surface area contributed by atoms with Gasteiger partial charge in [0.1, 0.15) is 6.29 Å². The van der Waals surface area contributed by atoms with Crippen molar-refractivity contribution >= 4 is 35.4 Å². The normalized spacial score (nSPS) is 17.9. The number of anilines is 2. The molecule has 0 aromatic heterocycles. The number of benzene rings is 1. The first kappa shape index (κ1) is 30.2. The van der Waals surface area contributed by atoms with Crippen molar-refractivity contribution in [2.75, 3.05) is 56.5 Å². The van der Waals surface area contributed by atoms with E-state index in [0.717, 1.165) is 18.9 Å². The number of hydrogen-bond acceptors (Lipinski definition) is 7. The van der Waals surface area contributed by atoms with Gasteiger partial charge in [-0.2, -0.15) is 13.2 Å². The van der Waals surface area contributed by atoms with Crippen molar-refractivity contribution in [2.24, 2.45) is 0 Å². The number of aliphatic carboxylic acids is 1. The number of nitrogens with one attached hydrogen (secondary N) is 2. The van der Waals surface area contributed by atoms with Crippen LogP contribution in [0.25, 0.3) is 0 Å². The third kappa shape index (κ3) is 8.57. The maximum absolute atomic E-state index is 14.0. The van der Waals surface area contributed by atoms with E-state index in [1.54, 1.807) is 9.80 Å². The number of rotatable bonds is 11. The van der Waals surface area contributed by atoms with E-state index < -0.39 is 23.8 Å². The molecule has 1 unspecified atom stereocenters. The zero-order chi connectivity index (χ0) is 28.6. The summed E-state index contributed by atoms with van der Waals surface area (Å²) in [4.78, 5) is 51.4. The van der Waals surface area contributed by atoms with Crippen molar-refractivity contribution in [1.82, 2.24) is 15.1 Å². The third-order valence-corrected chi connectivity index (χ3v) is 7.32. The maximum Gasteiger partial charge on any atom is 0.418 e. The molecule has 13 heteroatoms. The van der Waals surface area contributed by atoms with Gasteiger partial charge in [0, 0.05) is 76.6 Å². The summed E-state index contributed by atoms with van der Waals surface area (Å²) in [5, 5.41) is 14.0. The van der Waals surface area contributed by atoms with Gasteiger partial charge in [0.2, 0.25) is 11.8 Å². The molecular weight excluding hydrogens is 519 g/mol. The number of nitrogens with zero attached hydrogens (tertiary/aromatic N) is 3. The lowest BCUT2D eigenvalue weighted by Crippen LogP contribution is -2.54. The first-order valence-corrected chi connectivity index (χ1v) is 13.1. The van der Waals surface area contributed by atoms with Gasteiger partial charge in [-0.1, -0.05) is 0 Å². The number of amides is 2. The number of likely N-dealkylation sites (tertiary alicyclic amines) is 1. The lowest BCUT2D eigenvalue weighted by molar-refractivity contribution is -0.141. The van der Waals surface area contributed by atoms with Gasteiger partial charge in [-0.25, -0.2) is 0 Å². The zero-order valence-electron chi connectivity index (χ0n) is 22.0. The van der Waals surface area contributed by atoms with Crippen LogP contribution >= 0.6 is 0 Å². The van der Waals surface area contributed by atoms with E-state index in [9.17, 15) is 32.3 Å². The molecule has 2 saturated heterocycles. The molecule has 2 amide bonds. The standard InChI is InChI=1S/C26H36F3N5O5/c1-30-23(36)5-3-19(17-35)31-18-2-4-22(21(16-18)26(27,28)29)33-14-12-32(13-15-33)20-8-10-34(11-9-20)24(37)6-7-25(38)39/h2,4,16-17,19-20,31H,3,5-15H2,1H3,(H,30,36)(H,38,39). The van der Waals surface area contributed by atoms with Crippen molar-refractivity contribution < 1.29 is 37.5 Å². The molecule has 2 aliphatic rings. The Morgan fingerprint density at radius 2 is 1.72 bits per heavy atom. The van der Waals surface area contributed by atoms with Crippen LogP contribution in [0.5, 0.6) is 0 Å². The molecule has 2 aliphatic heterocycles. The van der Waals surface area contributed by atoms with Crippen LogP contribution in [0.1, 0.15) is 44.1 Å². The number of alkyl halides is 3. The van der Waals surface area contributed by atoms with E-state index in [4.69, 9.17) is 5.11 Å². The highest BCUT2D eigenvalue weighted by Gasteiger charge is 2.37. The predicted octanol–water partition coefficient (Wildman–Crippen LogP) is 2.19. The number of hydrogen-bond donors (Lipinski definition) is 3. The number of halogens is 3. The number of carboxylic acids is 1. The molecule has 1 aromatic carbocycles. The fourth-order valence-electron chi connectivity index (χ4n) is 5.11. The molecule has 3 rings (SSSR count). The minimum absolute atomic E-state index is 0.0136. The average molecular weight is 556 g/mol. The minimum Gasteiger partial charge on any atom is -0.481 e. The smallest absolute Gasteiger partial charge is 0.418 e. The van der Waals surface area contributed by atoms with Gasteiger partial charge in [-0.05, 0) is 37.5 Å². The molecule has 0 bridgehead atoms. The molecule has 0 saturated carbocycles. The summed E-state index contributed by atoms with van der Waals surface area (Å²) in [6, 6.07) is 3.37. The van der Waals surface area contributed by atoms with Crippen LogP contribution in [0.4, 0.5) is 24.5 Å². The number of piperazine rings is 1. The van der Waals surface area contributed by atoms with Crippen molar-refractivity contribution in [1.29, 1.82) is 0 Å². The Morgan fingerprint density at radius 3 is 2.28 bits per heavy atom. The number of carboxylic acid groups (broad SMARTS) is 1. The molecular formula is C26H36F3N5O5. The van der Waals surface area contributed by atoms with E-state index in [1.807, 2.05) is 0 Å². The minimum atomic E-state index is -4.59. The zero-order valence-corrected chi connectivity index (χ0v) is 22.0. The molecule has 0 radical (unpaired) electrons. The maximum atomic E-state index is 14.0. The summed E-state index contributed by atoms with van der Waals surface area (Å²) in [5.41, 5.74) is -0.548. The predicted molar refractivity (Wildman–Crippen MR) is 138 cm³/mol. The van der Waals surface area contributed by atoms with Crippen molar-refractivity contribution in [3.8, 4) is 0 Å². The van der Waals surface area contributed by atoms with Crippen LogP contribution in [0.15, 0.2) is 18.2 Å². The highest BCUT2D eigenvalue weighted by molar-refractivity contribution is 5.80. The third-order valence-electron chi connectivity index (χ3n) is 7.32. The van der Waals surface area contributed by atoms with Gasteiger partial charge < -0.3 is 30.3 Å². The van der Waals surface area contributed by atoms with Gasteiger partial charge in [0.15, 0.2) is 0 Å². The largest absolute Gasteiger partial charge is 0.481 e. The van der Waals surface area contributed by atoms with E-state index in [1.165, 1.54) is 19.2 Å². The van der Waals surface area contributed by atoms with Crippen LogP contribution in [-0.2, 0) is 25.4 Å². The Labute approximate surface area is 225 Å². The number of carbonyl (C=O) groups is 4. The second kappa shape index (κ2) is 13.6. The Balaban J connectivity index is 1.58. The van der Waals surface area contributed by atoms with Crippen LogP contribution in [0.3, 0.4) is 0 Å². The monoisotopic (exact) mass is 555 g/mol. The average Bonchev–Trinajstić information content (AvgIpc) is 2.93. The second-order valence-corrected chi connectivity index (χ2v) is 9.86. The molecule has 1 aromatic rings. The summed E-state index contributed by atoms with van der Waals surface area (Å²) < 4.78 is 42.1. The highest BCUT2D eigenvalue weighted by atomic mass is 19.4. The summed E-state index contributed by atoms with van der Waals surface area (Å²) in [7, 11) is 1.47. The molecule has 2 heterocycles. The van der Waals surface area contributed by atoms with Gasteiger partial charge in [0.05, 0.1) is 18.0 Å². The second-order valence-electron chi connectivity index (χ2n) is 9.86. The molecule has 10 nitrogen and oxygen atoms in total. The quantitative estimate of drug-likeness (QED) is 0.356. The lowest BCUT2D eigenvalue weighted by atomic mass is 10.0. The first-order chi connectivity index (χ1) is 18.5. The molecule has 0 aliphatic carbocycles. The van der Waals surface area contributed by atoms with Crippen LogP contribution < -0.4 is 15.5 Å². The van der Waals surface area contributed by atoms with Gasteiger partial charge in [0.25, 0.3) is 0 Å². The number of aldehydes is 1. The summed E-state index contributed by atoms with van der Waals surface area (Å²) >= 11 is 0. The van der Waals surface area contributed by atoms with Crippen LogP contribution in [0, 0.1) is 0 Å². The van der Waals surface area contributed by atoms with Gasteiger partial charge in [-0.15, -0.1) is 0 Å². The topological polar surface area (TPSA) is 122 Å². The van der Waals surface area contributed by atoms with Gasteiger partial charge >= 0.3 is 12.1 Å². The Bertz CT molecular complexity index is 1020. The van der Waals surface area contributed by atoms with Crippen molar-refractivity contribution in [3.05, 3.63) is 23.8 Å². The number of carbonyl (C=O) groups excluding carboxylic acids is 3. The fraction of sp³-hybridized carbons (Fsp3) is 0.615. The van der Waals surface area contributed by atoms with E-state index in [2.05, 4.69) is 15.5 Å². The van der Waals surface area contributed by atoms with E-state index in [0.29, 0.717) is 45.6 Å². The van der Waals surface area contributed by atoms with Crippen LogP contribution in [0.2, 0.25) is 0 Å². The van der Waals surface area contributed by atoms with E-state index >= 15 is 0 Å². The Kier molecular flexibility index (Phi) is 10.6. The molecule has 216 valence electrons. The van der Waals surface area contributed by atoms with Gasteiger partial charge in [-0.3, -0.25) is 19.3 Å². The number of piperidine rings is 1. The summed E-state index contributed by atoms with van der Waals surface area (Å²) in [6.45, 7) is 3.08. The Hall–Kier alpha value is -3.35. The van der Waals surface area contributed by atoms with E-state index in [-0.39, 0.29) is 54.9 Å². The van der Waals surface area contributed by atoms with Crippen LogP contribution in [-0.4, -0.2) is 97.4 Å². The molecule has 1 atom stereocenters. The summed E-state index contributed by atoms with van der Waals surface area (Å²) in [5.74, 6) is -1.42. The summed E-state index contributed by atoms with van der Waals surface area (Å²) in [6.07, 6.45) is -2.50. The van der Waals surface area contributed by atoms with Crippen molar-refractivity contribution in [3.63, 3.8) is 0 Å². The Morgan fingerprint density at radius 1 is 1.05 bits per heavy atom. The SMILES string of the molecule is CNC(=O)CCC(C=O)Nc1ccc(N2CCN(C3CCN(C(=O)CCC(=O)O)CC3)CC2)c(C(F)(F)F)c1. The lowest BCUT2D eigenvalue weighted by Gasteiger charge is -2.43. The first-order valence-electron chi connectivity index (χ1n) is 13.1. The van der Waals surface area contributed by atoms with Crippen molar-refractivity contribution in [2.45, 2.75) is 56.8 Å². The molecule has 2 fully saturated rings. The molecule has 0 spiro atoms. The highest BCUT2D eigenvalue weighted by Crippen LogP contribution is 2.39. The molecule has 39 heavy (non-hydrogen) atoms. The molecule has 3 N–H and O–H groups in total.